The van der Waals surface area contributed by atoms with Crippen LogP contribution in [-0.4, -0.2) is 29.2 Å². The Morgan fingerprint density at radius 1 is 1.21 bits per heavy atom. The van der Waals surface area contributed by atoms with Crippen LogP contribution >= 0.6 is 0 Å². The molecule has 3 N–H and O–H groups in total. The van der Waals surface area contributed by atoms with E-state index >= 15 is 0 Å². The van der Waals surface area contributed by atoms with Crippen LogP contribution in [0.3, 0.4) is 0 Å². The van der Waals surface area contributed by atoms with E-state index in [0.717, 1.165) is 24.9 Å². The van der Waals surface area contributed by atoms with E-state index in [1.165, 1.54) is 32.1 Å². The molecule has 0 radical (unpaired) electrons. The van der Waals surface area contributed by atoms with Crippen LogP contribution in [0.5, 0.6) is 0 Å². The van der Waals surface area contributed by atoms with E-state index in [0.29, 0.717) is 0 Å². The van der Waals surface area contributed by atoms with Crippen LogP contribution in [0.1, 0.15) is 32.1 Å². The zero-order valence-corrected chi connectivity index (χ0v) is 8.52. The van der Waals surface area contributed by atoms with Gasteiger partial charge in [-0.1, -0.05) is 24.4 Å². The highest BCUT2D eigenvalue weighted by Crippen LogP contribution is 2.35. The zero-order valence-electron chi connectivity index (χ0n) is 8.52. The van der Waals surface area contributed by atoms with Gasteiger partial charge in [0, 0.05) is 13.1 Å². The second kappa shape index (κ2) is 4.07. The molecule has 80 valence electrons. The van der Waals surface area contributed by atoms with Gasteiger partial charge < -0.3 is 15.8 Å². The van der Waals surface area contributed by atoms with Crippen LogP contribution in [0.25, 0.3) is 0 Å². The lowest BCUT2D eigenvalue weighted by atomic mass is 9.75. The van der Waals surface area contributed by atoms with Crippen molar-refractivity contribution in [2.24, 2.45) is 22.7 Å². The van der Waals surface area contributed by atoms with E-state index in [4.69, 9.17) is 10.9 Å². The number of hydrogen-bond acceptors (Lipinski definition) is 2. The maximum absolute atomic E-state index is 8.60. The molecule has 0 amide bonds. The van der Waals surface area contributed by atoms with E-state index in [1.54, 1.807) is 0 Å². The molecule has 4 heteroatoms. The Bertz CT molecular complexity index is 229. The lowest BCUT2D eigenvalue weighted by Crippen LogP contribution is -2.47. The normalized spacial score (nSPS) is 34.0. The number of hydrogen-bond donors (Lipinski definition) is 2. The average molecular weight is 197 g/mol. The summed E-state index contributed by atoms with van der Waals surface area (Å²) >= 11 is 0. The summed E-state index contributed by atoms with van der Waals surface area (Å²) < 4.78 is 0. The third-order valence-corrected chi connectivity index (χ3v) is 3.72. The maximum Gasteiger partial charge on any atom is 0.233 e. The van der Waals surface area contributed by atoms with Gasteiger partial charge in [0.1, 0.15) is 0 Å². The van der Waals surface area contributed by atoms with Crippen LogP contribution in [0, 0.1) is 11.8 Å². The summed E-state index contributed by atoms with van der Waals surface area (Å²) in [5.74, 6) is 1.96. The summed E-state index contributed by atoms with van der Waals surface area (Å²) in [4.78, 5) is 2.01. The van der Waals surface area contributed by atoms with Crippen molar-refractivity contribution in [3.63, 3.8) is 0 Å². The predicted octanol–water partition coefficient (Wildman–Crippen LogP) is 1.20. The van der Waals surface area contributed by atoms with Crippen molar-refractivity contribution in [3.05, 3.63) is 0 Å². The van der Waals surface area contributed by atoms with Crippen molar-refractivity contribution in [2.75, 3.05) is 13.1 Å². The molecule has 2 atom stereocenters. The number of rotatable bonds is 0. The number of likely N-dealkylation sites (tertiary alicyclic amines) is 1. The average Bonchev–Trinajstić information content (AvgIpc) is 2.27. The summed E-state index contributed by atoms with van der Waals surface area (Å²) in [5, 5.41) is 11.7. The zero-order chi connectivity index (χ0) is 9.97. The molecular formula is C10H19N3O. The van der Waals surface area contributed by atoms with Gasteiger partial charge in [0.15, 0.2) is 0 Å². The second-order valence-electron chi connectivity index (χ2n) is 4.50. The predicted molar refractivity (Wildman–Crippen MR) is 55.0 cm³/mol. The molecule has 0 aromatic carbocycles. The minimum Gasteiger partial charge on any atom is -0.408 e. The number of nitrogens with two attached hydrogens (primary N) is 1. The molecule has 1 heterocycles. The number of guanidine groups is 1. The highest BCUT2D eigenvalue weighted by Gasteiger charge is 2.31. The minimum atomic E-state index is 0.286. The Balaban J connectivity index is 1.95. The topological polar surface area (TPSA) is 61.9 Å². The van der Waals surface area contributed by atoms with Crippen LogP contribution < -0.4 is 5.73 Å². The van der Waals surface area contributed by atoms with E-state index in [1.807, 2.05) is 4.90 Å². The van der Waals surface area contributed by atoms with Gasteiger partial charge >= 0.3 is 0 Å². The fourth-order valence-corrected chi connectivity index (χ4v) is 2.87. The fourth-order valence-electron chi connectivity index (χ4n) is 2.87. The van der Waals surface area contributed by atoms with Crippen LogP contribution in [0.4, 0.5) is 0 Å². The van der Waals surface area contributed by atoms with Gasteiger partial charge in [-0.2, -0.15) is 0 Å². The molecule has 1 saturated heterocycles. The molecule has 0 aromatic rings. The summed E-state index contributed by atoms with van der Waals surface area (Å²) in [6.45, 7) is 1.94. The smallest absolute Gasteiger partial charge is 0.233 e. The molecule has 1 saturated carbocycles. The van der Waals surface area contributed by atoms with Gasteiger partial charge in [-0.05, 0) is 24.7 Å². The first-order valence-electron chi connectivity index (χ1n) is 5.53. The quantitative estimate of drug-likeness (QED) is 0.265. The highest BCUT2D eigenvalue weighted by atomic mass is 16.4. The molecule has 4 nitrogen and oxygen atoms in total. The van der Waals surface area contributed by atoms with Gasteiger partial charge in [-0.25, -0.2) is 0 Å². The maximum atomic E-state index is 8.60. The van der Waals surface area contributed by atoms with Crippen LogP contribution in [0.15, 0.2) is 5.16 Å². The fraction of sp³-hybridized carbons (Fsp3) is 0.900. The van der Waals surface area contributed by atoms with Crippen molar-refractivity contribution in [2.45, 2.75) is 32.1 Å². The SMILES string of the molecule is NC(=NO)N1CCC2CCCCC2C1. The summed E-state index contributed by atoms with van der Waals surface area (Å²) in [7, 11) is 0. The molecule has 2 unspecified atom stereocenters. The van der Waals surface area contributed by atoms with E-state index in [9.17, 15) is 0 Å². The Labute approximate surface area is 84.8 Å². The number of nitrogens with zero attached hydrogens (tertiary/aromatic N) is 2. The van der Waals surface area contributed by atoms with Crippen LogP contribution in [-0.2, 0) is 0 Å². The molecule has 0 aromatic heterocycles. The molecule has 2 aliphatic rings. The van der Waals surface area contributed by atoms with Crippen LogP contribution in [0.2, 0.25) is 0 Å². The van der Waals surface area contributed by atoms with E-state index < -0.39 is 0 Å². The lowest BCUT2D eigenvalue weighted by Gasteiger charge is -2.41. The molecular weight excluding hydrogens is 178 g/mol. The lowest BCUT2D eigenvalue weighted by molar-refractivity contribution is 0.126. The minimum absolute atomic E-state index is 0.286. The van der Waals surface area contributed by atoms with Crippen molar-refractivity contribution in [1.82, 2.24) is 4.90 Å². The van der Waals surface area contributed by atoms with Gasteiger partial charge in [-0.15, -0.1) is 0 Å². The number of piperidine rings is 1. The van der Waals surface area contributed by atoms with Gasteiger partial charge in [0.2, 0.25) is 5.96 Å². The Morgan fingerprint density at radius 2 is 1.93 bits per heavy atom. The third-order valence-electron chi connectivity index (χ3n) is 3.72. The molecule has 14 heavy (non-hydrogen) atoms. The van der Waals surface area contributed by atoms with Crippen molar-refractivity contribution in [3.8, 4) is 0 Å². The first kappa shape index (κ1) is 9.62. The molecule has 2 fully saturated rings. The standard InChI is InChI=1S/C10H19N3O/c11-10(12-14)13-6-5-8-3-1-2-4-9(8)7-13/h8-9,14H,1-7H2,(H2,11,12). The third kappa shape index (κ3) is 1.79. The molecule has 1 aliphatic carbocycles. The van der Waals surface area contributed by atoms with Crippen molar-refractivity contribution < 1.29 is 5.21 Å². The molecule has 2 rings (SSSR count). The molecule has 0 bridgehead atoms. The Morgan fingerprint density at radius 3 is 2.64 bits per heavy atom. The second-order valence-corrected chi connectivity index (χ2v) is 4.50. The Hall–Kier alpha value is -0.930. The van der Waals surface area contributed by atoms with Gasteiger partial charge in [0.25, 0.3) is 0 Å². The summed E-state index contributed by atoms with van der Waals surface area (Å²) in [6, 6.07) is 0. The highest BCUT2D eigenvalue weighted by molar-refractivity contribution is 5.77. The van der Waals surface area contributed by atoms with Crippen molar-refractivity contribution in [1.29, 1.82) is 0 Å². The summed E-state index contributed by atoms with van der Waals surface area (Å²) in [5.41, 5.74) is 5.60. The van der Waals surface area contributed by atoms with E-state index in [-0.39, 0.29) is 5.96 Å². The monoisotopic (exact) mass is 197 g/mol. The largest absolute Gasteiger partial charge is 0.408 e. The van der Waals surface area contributed by atoms with Gasteiger partial charge in [0.05, 0.1) is 0 Å². The summed E-state index contributed by atoms with van der Waals surface area (Å²) in [6.07, 6.45) is 6.66. The first-order valence-corrected chi connectivity index (χ1v) is 5.53. The van der Waals surface area contributed by atoms with E-state index in [2.05, 4.69) is 5.16 Å². The first-order chi connectivity index (χ1) is 6.81. The van der Waals surface area contributed by atoms with Gasteiger partial charge in [-0.3, -0.25) is 0 Å². The molecule has 1 aliphatic heterocycles. The van der Waals surface area contributed by atoms with Crippen molar-refractivity contribution >= 4 is 5.96 Å². The molecule has 0 spiro atoms. The number of oxime groups is 1. The Kier molecular flexibility index (Phi) is 2.79. The number of fused-ring (bicyclic) bond motifs is 1.